The summed E-state index contributed by atoms with van der Waals surface area (Å²) in [5, 5.41) is 0. The summed E-state index contributed by atoms with van der Waals surface area (Å²) in [6.45, 7) is 1.49. The van der Waals surface area contributed by atoms with E-state index in [1.807, 2.05) is 6.07 Å². The Labute approximate surface area is 176 Å². The molecule has 0 aromatic heterocycles. The Bertz CT molecular complexity index is 755. The number of ether oxygens (including phenoxy) is 2. The van der Waals surface area contributed by atoms with E-state index in [2.05, 4.69) is 60.4 Å². The van der Waals surface area contributed by atoms with E-state index in [-0.39, 0.29) is 5.79 Å². The van der Waals surface area contributed by atoms with Gasteiger partial charge >= 0.3 is 0 Å². The average molecular weight is 391 g/mol. The molecule has 2 heteroatoms. The molecule has 1 heterocycles. The van der Waals surface area contributed by atoms with Gasteiger partial charge in [-0.15, -0.1) is 0 Å². The van der Waals surface area contributed by atoms with Crippen LogP contribution in [0.15, 0.2) is 54.6 Å². The maximum Gasteiger partial charge on any atom is 0.174 e. The van der Waals surface area contributed by atoms with Crippen molar-refractivity contribution in [3.8, 4) is 11.8 Å². The zero-order chi connectivity index (χ0) is 19.8. The fraction of sp³-hybridized carbons (Fsp3) is 0.556. The van der Waals surface area contributed by atoms with Gasteiger partial charge in [-0.2, -0.15) is 0 Å². The number of hydrogen-bond donors (Lipinski definition) is 0. The summed E-state index contributed by atoms with van der Waals surface area (Å²) in [5.41, 5.74) is 1.58. The summed E-state index contributed by atoms with van der Waals surface area (Å²) in [6, 6.07) is 10.3. The molecule has 2 saturated carbocycles. The Kier molecular flexibility index (Phi) is 6.90. The van der Waals surface area contributed by atoms with Gasteiger partial charge in [0, 0.05) is 24.3 Å². The molecule has 1 saturated heterocycles. The average Bonchev–Trinajstić information content (AvgIpc) is 3.19. The topological polar surface area (TPSA) is 18.5 Å². The highest BCUT2D eigenvalue weighted by atomic mass is 16.7. The Hall–Kier alpha value is -1.82. The predicted molar refractivity (Wildman–Crippen MR) is 118 cm³/mol. The molecule has 29 heavy (non-hydrogen) atoms. The van der Waals surface area contributed by atoms with E-state index in [1.165, 1.54) is 44.9 Å². The summed E-state index contributed by atoms with van der Waals surface area (Å²) in [4.78, 5) is 0. The van der Waals surface area contributed by atoms with Crippen molar-refractivity contribution in [2.24, 2.45) is 11.3 Å². The highest BCUT2D eigenvalue weighted by molar-refractivity contribution is 5.33. The van der Waals surface area contributed by atoms with Gasteiger partial charge in [0.05, 0.1) is 13.2 Å². The summed E-state index contributed by atoms with van der Waals surface area (Å²) in [5.74, 6) is 6.86. The van der Waals surface area contributed by atoms with Crippen LogP contribution in [0.25, 0.3) is 0 Å². The van der Waals surface area contributed by atoms with Crippen molar-refractivity contribution >= 4 is 0 Å². The first kappa shape index (κ1) is 20.5. The van der Waals surface area contributed by atoms with Gasteiger partial charge in [-0.1, -0.05) is 67.2 Å². The van der Waals surface area contributed by atoms with Gasteiger partial charge in [0.2, 0.25) is 0 Å². The third-order valence-corrected chi connectivity index (χ3v) is 6.95. The van der Waals surface area contributed by atoms with Crippen LogP contribution in [-0.2, 0) is 9.47 Å². The number of hydrogen-bond acceptors (Lipinski definition) is 2. The quantitative estimate of drug-likeness (QED) is 0.412. The molecule has 3 aliphatic rings. The molecule has 0 N–H and O–H groups in total. The third-order valence-electron chi connectivity index (χ3n) is 6.95. The van der Waals surface area contributed by atoms with Crippen LogP contribution in [0.3, 0.4) is 0 Å². The van der Waals surface area contributed by atoms with E-state index >= 15 is 0 Å². The van der Waals surface area contributed by atoms with Crippen molar-refractivity contribution in [2.45, 2.75) is 70.0 Å². The number of allylic oxidation sites excluding steroid dienone is 3. The lowest BCUT2D eigenvalue weighted by molar-refractivity contribution is -0.200. The molecule has 1 aromatic carbocycles. The smallest absolute Gasteiger partial charge is 0.174 e. The molecule has 4 rings (SSSR count). The molecule has 1 spiro atoms. The summed E-state index contributed by atoms with van der Waals surface area (Å²) in [6.07, 6.45) is 21.2. The molecular formula is C27H34O2. The minimum absolute atomic E-state index is 0.323. The Morgan fingerprint density at radius 2 is 1.79 bits per heavy atom. The second-order valence-electron chi connectivity index (χ2n) is 8.91. The lowest BCUT2D eigenvalue weighted by atomic mass is 9.64. The minimum Gasteiger partial charge on any atom is -0.347 e. The molecule has 0 amide bonds. The van der Waals surface area contributed by atoms with Crippen LogP contribution in [0, 0.1) is 23.2 Å². The predicted octanol–water partition coefficient (Wildman–Crippen LogP) is 6.42. The first-order chi connectivity index (χ1) is 14.3. The number of rotatable bonds is 6. The Morgan fingerprint density at radius 1 is 0.966 bits per heavy atom. The van der Waals surface area contributed by atoms with Crippen LogP contribution >= 0.6 is 0 Å². The Morgan fingerprint density at radius 3 is 2.55 bits per heavy atom. The Balaban J connectivity index is 1.24. The lowest BCUT2D eigenvalue weighted by Crippen LogP contribution is -2.40. The SMILES string of the molecule is C(#Cc1ccccc1)CC1(CC/C=C/C=C/C2CCCCC23OCCO3)CCC1. The van der Waals surface area contributed by atoms with Gasteiger partial charge in [-0.25, -0.2) is 0 Å². The van der Waals surface area contributed by atoms with E-state index in [4.69, 9.17) is 9.47 Å². The van der Waals surface area contributed by atoms with Gasteiger partial charge < -0.3 is 9.47 Å². The van der Waals surface area contributed by atoms with Crippen LogP contribution < -0.4 is 0 Å². The maximum atomic E-state index is 6.00. The molecule has 2 aliphatic carbocycles. The number of benzene rings is 1. The van der Waals surface area contributed by atoms with E-state index in [9.17, 15) is 0 Å². The van der Waals surface area contributed by atoms with Crippen LogP contribution in [-0.4, -0.2) is 19.0 Å². The van der Waals surface area contributed by atoms with Crippen LogP contribution in [0.5, 0.6) is 0 Å². The van der Waals surface area contributed by atoms with Gasteiger partial charge in [-0.3, -0.25) is 0 Å². The van der Waals surface area contributed by atoms with Crippen molar-refractivity contribution in [2.75, 3.05) is 13.2 Å². The highest BCUT2D eigenvalue weighted by Gasteiger charge is 2.44. The van der Waals surface area contributed by atoms with E-state index in [0.29, 0.717) is 11.3 Å². The van der Waals surface area contributed by atoms with Crippen molar-refractivity contribution in [1.29, 1.82) is 0 Å². The van der Waals surface area contributed by atoms with Crippen molar-refractivity contribution in [1.82, 2.24) is 0 Å². The lowest BCUT2D eigenvalue weighted by Gasteiger charge is -2.40. The molecule has 1 aromatic rings. The van der Waals surface area contributed by atoms with Crippen LogP contribution in [0.4, 0.5) is 0 Å². The molecule has 3 fully saturated rings. The first-order valence-electron chi connectivity index (χ1n) is 11.5. The summed E-state index contributed by atoms with van der Waals surface area (Å²) >= 11 is 0. The second kappa shape index (κ2) is 9.79. The molecule has 2 nitrogen and oxygen atoms in total. The highest BCUT2D eigenvalue weighted by Crippen LogP contribution is 2.47. The minimum atomic E-state index is -0.323. The van der Waals surface area contributed by atoms with Crippen LogP contribution in [0.2, 0.25) is 0 Å². The molecule has 1 unspecified atom stereocenters. The third kappa shape index (κ3) is 5.21. The molecule has 1 atom stereocenters. The van der Waals surface area contributed by atoms with Gasteiger partial charge in [-0.05, 0) is 56.1 Å². The first-order valence-corrected chi connectivity index (χ1v) is 11.5. The van der Waals surface area contributed by atoms with Crippen LogP contribution in [0.1, 0.15) is 69.8 Å². The fourth-order valence-corrected chi connectivity index (χ4v) is 5.02. The maximum absolute atomic E-state index is 6.00. The molecule has 1 aliphatic heterocycles. The molecule has 0 radical (unpaired) electrons. The van der Waals surface area contributed by atoms with Crippen molar-refractivity contribution in [3.05, 3.63) is 60.2 Å². The van der Waals surface area contributed by atoms with Gasteiger partial charge in [0.25, 0.3) is 0 Å². The molecular weight excluding hydrogens is 356 g/mol. The van der Waals surface area contributed by atoms with E-state index in [0.717, 1.165) is 38.0 Å². The second-order valence-corrected chi connectivity index (χ2v) is 8.91. The molecule has 154 valence electrons. The monoisotopic (exact) mass is 390 g/mol. The molecule has 0 bridgehead atoms. The fourth-order valence-electron chi connectivity index (χ4n) is 5.02. The largest absolute Gasteiger partial charge is 0.347 e. The van der Waals surface area contributed by atoms with E-state index in [1.54, 1.807) is 0 Å². The normalized spacial score (nSPS) is 25.2. The van der Waals surface area contributed by atoms with Gasteiger partial charge in [0.1, 0.15) is 0 Å². The van der Waals surface area contributed by atoms with Crippen molar-refractivity contribution < 1.29 is 9.47 Å². The standard InChI is InChI=1S/C27H34O2/c1(6-15-25-16-7-9-21-27(25)28-22-23-29-27)2-8-17-26(19-11-20-26)18-10-14-24-12-4-3-5-13-24/h1-6,12-13,15,25H,7-9,11,16-23H2/b2-1+,15-6+. The zero-order valence-corrected chi connectivity index (χ0v) is 17.6. The summed E-state index contributed by atoms with van der Waals surface area (Å²) in [7, 11) is 0. The van der Waals surface area contributed by atoms with Crippen molar-refractivity contribution in [3.63, 3.8) is 0 Å². The van der Waals surface area contributed by atoms with Gasteiger partial charge in [0.15, 0.2) is 5.79 Å². The van der Waals surface area contributed by atoms with E-state index < -0.39 is 0 Å². The summed E-state index contributed by atoms with van der Waals surface area (Å²) < 4.78 is 12.0. The zero-order valence-electron chi connectivity index (χ0n) is 17.6.